The summed E-state index contributed by atoms with van der Waals surface area (Å²) in [7, 11) is 0. The second-order valence-electron chi connectivity index (χ2n) is 5.97. The Bertz CT molecular complexity index is 715. The Kier molecular flexibility index (Phi) is 3.55. The number of fused-ring (bicyclic) bond motifs is 1. The van der Waals surface area contributed by atoms with Gasteiger partial charge < -0.3 is 9.80 Å². The van der Waals surface area contributed by atoms with Crippen LogP contribution in [-0.4, -0.2) is 31.1 Å². The summed E-state index contributed by atoms with van der Waals surface area (Å²) < 4.78 is 0. The Morgan fingerprint density at radius 3 is 2.36 bits per heavy atom. The molecular weight excluding hydrogens is 292 g/mol. The Morgan fingerprint density at radius 1 is 0.818 bits per heavy atom. The fraction of sp³-hybridized carbons (Fsp3) is 0.263. The van der Waals surface area contributed by atoms with E-state index >= 15 is 0 Å². The minimum Gasteiger partial charge on any atom is -0.371 e. The molecule has 2 aromatic carbocycles. The van der Waals surface area contributed by atoms with Crippen LogP contribution in [0.5, 0.6) is 0 Å². The van der Waals surface area contributed by atoms with Gasteiger partial charge in [0.2, 0.25) is 0 Å². The van der Waals surface area contributed by atoms with Crippen LogP contribution in [0.15, 0.2) is 54.2 Å². The van der Waals surface area contributed by atoms with Gasteiger partial charge >= 0.3 is 0 Å². The van der Waals surface area contributed by atoms with Gasteiger partial charge in [-0.05, 0) is 35.4 Å². The van der Waals surface area contributed by atoms with Crippen LogP contribution in [0.4, 0.5) is 5.69 Å². The molecule has 0 spiro atoms. The molecule has 0 bridgehead atoms. The summed E-state index contributed by atoms with van der Waals surface area (Å²) in [5.74, 6) is 0. The zero-order valence-corrected chi connectivity index (χ0v) is 13.3. The molecule has 112 valence electrons. The summed E-state index contributed by atoms with van der Waals surface area (Å²) in [4.78, 5) is 4.95. The van der Waals surface area contributed by atoms with Crippen LogP contribution >= 0.6 is 11.6 Å². The topological polar surface area (TPSA) is 6.48 Å². The van der Waals surface area contributed by atoms with Gasteiger partial charge in [-0.25, -0.2) is 0 Å². The molecule has 2 aromatic rings. The first-order chi connectivity index (χ1) is 10.8. The van der Waals surface area contributed by atoms with Gasteiger partial charge in [-0.3, -0.25) is 0 Å². The lowest BCUT2D eigenvalue weighted by Gasteiger charge is -2.38. The van der Waals surface area contributed by atoms with Crippen molar-refractivity contribution >= 4 is 23.4 Å². The van der Waals surface area contributed by atoms with E-state index in [2.05, 4.69) is 52.3 Å². The number of halogens is 1. The van der Waals surface area contributed by atoms with Crippen LogP contribution in [0.2, 0.25) is 5.02 Å². The van der Waals surface area contributed by atoms with Gasteiger partial charge in [0.05, 0.1) is 0 Å². The molecule has 2 nitrogen and oxygen atoms in total. The van der Waals surface area contributed by atoms with Crippen molar-refractivity contribution in [1.82, 2.24) is 4.90 Å². The maximum absolute atomic E-state index is 6.10. The first-order valence-corrected chi connectivity index (χ1v) is 8.21. The molecule has 4 rings (SSSR count). The first-order valence-electron chi connectivity index (χ1n) is 7.83. The van der Waals surface area contributed by atoms with E-state index < -0.39 is 0 Å². The van der Waals surface area contributed by atoms with Crippen molar-refractivity contribution < 1.29 is 0 Å². The highest BCUT2D eigenvalue weighted by Crippen LogP contribution is 2.28. The van der Waals surface area contributed by atoms with E-state index in [1.807, 2.05) is 12.1 Å². The molecule has 1 aliphatic carbocycles. The highest BCUT2D eigenvalue weighted by Gasteiger charge is 2.22. The first kappa shape index (κ1) is 13.7. The van der Waals surface area contributed by atoms with Crippen molar-refractivity contribution in [2.45, 2.75) is 6.42 Å². The summed E-state index contributed by atoms with van der Waals surface area (Å²) >= 11 is 6.10. The number of anilines is 1. The third-order valence-electron chi connectivity index (χ3n) is 4.61. The van der Waals surface area contributed by atoms with Gasteiger partial charge in [0.1, 0.15) is 0 Å². The van der Waals surface area contributed by atoms with Crippen LogP contribution in [0.25, 0.3) is 6.08 Å². The highest BCUT2D eigenvalue weighted by atomic mass is 35.5. The number of rotatable bonds is 2. The lowest BCUT2D eigenvalue weighted by Crippen LogP contribution is -2.45. The molecule has 1 saturated heterocycles. The molecule has 2 aliphatic rings. The largest absolute Gasteiger partial charge is 0.371 e. The molecular formula is C19H19ClN2. The maximum Gasteiger partial charge on any atom is 0.0426 e. The van der Waals surface area contributed by atoms with Gasteiger partial charge in [0.15, 0.2) is 0 Å². The fourth-order valence-electron chi connectivity index (χ4n) is 3.39. The van der Waals surface area contributed by atoms with Crippen molar-refractivity contribution in [3.05, 3.63) is 70.4 Å². The van der Waals surface area contributed by atoms with Crippen molar-refractivity contribution in [3.63, 3.8) is 0 Å². The Labute approximate surface area is 136 Å². The third kappa shape index (κ3) is 2.59. The van der Waals surface area contributed by atoms with E-state index in [9.17, 15) is 0 Å². The van der Waals surface area contributed by atoms with Crippen molar-refractivity contribution in [3.8, 4) is 0 Å². The van der Waals surface area contributed by atoms with E-state index in [4.69, 9.17) is 11.6 Å². The van der Waals surface area contributed by atoms with Crippen LogP contribution < -0.4 is 4.90 Å². The average Bonchev–Trinajstić information content (AvgIpc) is 2.99. The minimum atomic E-state index is 0.814. The number of hydrogen-bond donors (Lipinski definition) is 0. The highest BCUT2D eigenvalue weighted by molar-refractivity contribution is 6.30. The number of allylic oxidation sites excluding steroid dienone is 1. The second kappa shape index (κ2) is 5.69. The average molecular weight is 311 g/mol. The smallest absolute Gasteiger partial charge is 0.0426 e. The molecule has 0 radical (unpaired) electrons. The molecule has 22 heavy (non-hydrogen) atoms. The summed E-state index contributed by atoms with van der Waals surface area (Å²) in [6, 6.07) is 16.9. The molecule has 0 amide bonds. The normalized spacial score (nSPS) is 17.4. The van der Waals surface area contributed by atoms with Gasteiger partial charge in [-0.2, -0.15) is 0 Å². The minimum absolute atomic E-state index is 0.814. The molecule has 1 fully saturated rings. The van der Waals surface area contributed by atoms with E-state index in [-0.39, 0.29) is 0 Å². The summed E-state index contributed by atoms with van der Waals surface area (Å²) in [6.45, 7) is 4.25. The molecule has 3 heteroatoms. The molecule has 0 atom stereocenters. The van der Waals surface area contributed by atoms with Gasteiger partial charge in [-0.15, -0.1) is 0 Å². The molecule has 1 aliphatic heterocycles. The molecule has 0 N–H and O–H groups in total. The number of nitrogens with zero attached hydrogens (tertiary/aromatic N) is 2. The van der Waals surface area contributed by atoms with E-state index in [1.165, 1.54) is 22.5 Å². The molecule has 0 aromatic heterocycles. The van der Waals surface area contributed by atoms with Crippen molar-refractivity contribution in [2.24, 2.45) is 0 Å². The van der Waals surface area contributed by atoms with Crippen LogP contribution in [0, 0.1) is 0 Å². The number of hydrogen-bond acceptors (Lipinski definition) is 2. The van der Waals surface area contributed by atoms with E-state index in [0.29, 0.717) is 0 Å². The van der Waals surface area contributed by atoms with Gasteiger partial charge in [0, 0.05) is 49.0 Å². The molecule has 0 saturated carbocycles. The van der Waals surface area contributed by atoms with E-state index in [1.54, 1.807) is 0 Å². The van der Waals surface area contributed by atoms with Crippen LogP contribution in [-0.2, 0) is 6.42 Å². The summed E-state index contributed by atoms with van der Waals surface area (Å²) in [5.41, 5.74) is 5.53. The quantitative estimate of drug-likeness (QED) is 0.825. The molecule has 0 unspecified atom stereocenters. The predicted molar refractivity (Wildman–Crippen MR) is 93.4 cm³/mol. The Balaban J connectivity index is 1.43. The zero-order valence-electron chi connectivity index (χ0n) is 12.5. The second-order valence-corrected chi connectivity index (χ2v) is 6.40. The third-order valence-corrected chi connectivity index (χ3v) is 4.84. The Morgan fingerprint density at radius 2 is 1.59 bits per heavy atom. The van der Waals surface area contributed by atoms with Gasteiger partial charge in [-0.1, -0.05) is 41.9 Å². The SMILES string of the molecule is Clc1cccc(N2CCN(C3=Cc4ccccc4C3)CC2)c1. The standard InChI is InChI=1S/C19H19ClN2/c20-17-6-3-7-18(14-17)21-8-10-22(11-9-21)19-12-15-4-1-2-5-16(15)13-19/h1-7,12,14H,8-11,13H2. The number of benzene rings is 2. The van der Waals surface area contributed by atoms with Crippen molar-refractivity contribution in [2.75, 3.05) is 31.1 Å². The van der Waals surface area contributed by atoms with Gasteiger partial charge in [0.25, 0.3) is 0 Å². The van der Waals surface area contributed by atoms with Crippen LogP contribution in [0.1, 0.15) is 11.1 Å². The Hall–Kier alpha value is -1.93. The predicted octanol–water partition coefficient (Wildman–Crippen LogP) is 4.06. The van der Waals surface area contributed by atoms with Crippen LogP contribution in [0.3, 0.4) is 0 Å². The van der Waals surface area contributed by atoms with E-state index in [0.717, 1.165) is 37.6 Å². The summed E-state index contributed by atoms with van der Waals surface area (Å²) in [6.07, 6.45) is 3.43. The van der Waals surface area contributed by atoms with Crippen molar-refractivity contribution in [1.29, 1.82) is 0 Å². The lowest BCUT2D eigenvalue weighted by atomic mass is 10.1. The number of piperazine rings is 1. The molecule has 1 heterocycles. The summed E-state index contributed by atoms with van der Waals surface area (Å²) in [5, 5.41) is 0.814. The zero-order chi connectivity index (χ0) is 14.9. The maximum atomic E-state index is 6.10. The fourth-order valence-corrected chi connectivity index (χ4v) is 3.57. The monoisotopic (exact) mass is 310 g/mol. The lowest BCUT2D eigenvalue weighted by molar-refractivity contribution is 0.319.